The Bertz CT molecular complexity index is 1110. The van der Waals surface area contributed by atoms with Crippen molar-refractivity contribution in [1.29, 1.82) is 0 Å². The Morgan fingerprint density at radius 1 is 1.06 bits per heavy atom. The van der Waals surface area contributed by atoms with Crippen molar-refractivity contribution in [3.8, 4) is 0 Å². The minimum atomic E-state index is -4.45. The summed E-state index contributed by atoms with van der Waals surface area (Å²) in [5.41, 5.74) is 1.42. The van der Waals surface area contributed by atoms with E-state index in [0.717, 1.165) is 23.3 Å². The molecule has 2 aromatic carbocycles. The van der Waals surface area contributed by atoms with E-state index in [1.165, 1.54) is 17.0 Å². The summed E-state index contributed by atoms with van der Waals surface area (Å²) < 4.78 is 38.0. The number of piperidine rings is 1. The number of imide groups is 1. The Balaban J connectivity index is 1.40. The van der Waals surface area contributed by atoms with Gasteiger partial charge in [-0.15, -0.1) is 0 Å². The number of Topliss-reactive ketones (excluding diaryl/α,β-unsaturated/α-hetero) is 1. The van der Waals surface area contributed by atoms with Gasteiger partial charge >= 0.3 is 6.18 Å². The van der Waals surface area contributed by atoms with Gasteiger partial charge in [0, 0.05) is 30.5 Å². The zero-order chi connectivity index (χ0) is 23.0. The first-order valence-electron chi connectivity index (χ1n) is 10.1. The summed E-state index contributed by atoms with van der Waals surface area (Å²) >= 11 is 0. The number of nitrogens with one attached hydrogen (secondary N) is 1. The molecule has 6 nitrogen and oxygen atoms in total. The monoisotopic (exact) mass is 444 g/mol. The molecule has 2 heterocycles. The molecule has 2 aliphatic rings. The number of carbonyl (C=O) groups is 4. The quantitative estimate of drug-likeness (QED) is 0.567. The molecule has 1 N–H and O–H groups in total. The first kappa shape index (κ1) is 21.7. The summed E-state index contributed by atoms with van der Waals surface area (Å²) in [5.74, 6) is -1.39. The van der Waals surface area contributed by atoms with Crippen LogP contribution < -0.4 is 5.32 Å². The van der Waals surface area contributed by atoms with Crippen LogP contribution in [0.1, 0.15) is 56.7 Å². The number of halogens is 3. The van der Waals surface area contributed by atoms with Crippen LogP contribution in [0.5, 0.6) is 0 Å². The lowest BCUT2D eigenvalue weighted by Crippen LogP contribution is -2.52. The number of hydrogen-bond donors (Lipinski definition) is 1. The van der Waals surface area contributed by atoms with Crippen LogP contribution in [-0.4, -0.2) is 34.4 Å². The van der Waals surface area contributed by atoms with Gasteiger partial charge in [0.15, 0.2) is 5.78 Å². The van der Waals surface area contributed by atoms with Crippen molar-refractivity contribution >= 4 is 23.5 Å². The number of amides is 3. The lowest BCUT2D eigenvalue weighted by Gasteiger charge is -2.29. The molecule has 0 aliphatic carbocycles. The van der Waals surface area contributed by atoms with Crippen LogP contribution in [0.2, 0.25) is 0 Å². The molecule has 9 heteroatoms. The maximum Gasteiger partial charge on any atom is 0.416 e. The topological polar surface area (TPSA) is 83.6 Å². The number of benzene rings is 2. The van der Waals surface area contributed by atoms with Crippen LogP contribution in [0.25, 0.3) is 0 Å². The van der Waals surface area contributed by atoms with Crippen molar-refractivity contribution in [2.24, 2.45) is 0 Å². The largest absolute Gasteiger partial charge is 0.416 e. The minimum Gasteiger partial charge on any atom is -0.322 e. The van der Waals surface area contributed by atoms with E-state index in [2.05, 4.69) is 5.32 Å². The first-order valence-corrected chi connectivity index (χ1v) is 10.1. The van der Waals surface area contributed by atoms with Crippen LogP contribution >= 0.6 is 0 Å². The SMILES string of the molecule is O=C1CCC(N2Cc3cc(CCC(=O)c4ccc(C(F)(F)F)cc4)ccc3C2=O)C(=O)N1. The molecule has 1 unspecified atom stereocenters. The van der Waals surface area contributed by atoms with E-state index in [4.69, 9.17) is 0 Å². The standard InChI is InChI=1S/C23H19F3N2O4/c24-23(25,26)16-5-3-14(4-6-16)19(29)9-2-13-1-7-17-15(11-13)12-28(22(17)32)18-8-10-20(30)27-21(18)31/h1,3-7,11,18H,2,8-10,12H2,(H,27,30,31). The summed E-state index contributed by atoms with van der Waals surface area (Å²) in [6, 6.07) is 8.60. The molecule has 166 valence electrons. The van der Waals surface area contributed by atoms with Crippen LogP contribution in [0.15, 0.2) is 42.5 Å². The number of ketones is 1. The highest BCUT2D eigenvalue weighted by Gasteiger charge is 2.39. The van der Waals surface area contributed by atoms with E-state index in [0.29, 0.717) is 12.0 Å². The van der Waals surface area contributed by atoms with Crippen LogP contribution in [0.3, 0.4) is 0 Å². The van der Waals surface area contributed by atoms with Gasteiger partial charge in [0.25, 0.3) is 5.91 Å². The van der Waals surface area contributed by atoms with E-state index >= 15 is 0 Å². The first-order chi connectivity index (χ1) is 15.1. The third kappa shape index (κ3) is 4.28. The van der Waals surface area contributed by atoms with Crippen molar-refractivity contribution in [1.82, 2.24) is 10.2 Å². The van der Waals surface area contributed by atoms with Crippen molar-refractivity contribution in [3.05, 3.63) is 70.3 Å². The van der Waals surface area contributed by atoms with Crippen molar-refractivity contribution in [2.75, 3.05) is 0 Å². The second kappa shape index (κ2) is 8.22. The molecule has 0 radical (unpaired) electrons. The zero-order valence-corrected chi connectivity index (χ0v) is 16.9. The van der Waals surface area contributed by atoms with E-state index in [-0.39, 0.29) is 49.0 Å². The van der Waals surface area contributed by atoms with Gasteiger partial charge < -0.3 is 4.90 Å². The van der Waals surface area contributed by atoms with Gasteiger partial charge in [-0.2, -0.15) is 13.2 Å². The van der Waals surface area contributed by atoms with E-state index in [1.54, 1.807) is 18.2 Å². The maximum absolute atomic E-state index is 12.7. The third-order valence-corrected chi connectivity index (χ3v) is 5.76. The highest BCUT2D eigenvalue weighted by Crippen LogP contribution is 2.30. The van der Waals surface area contributed by atoms with Gasteiger partial charge in [0.05, 0.1) is 5.56 Å². The average molecular weight is 444 g/mol. The number of fused-ring (bicyclic) bond motifs is 1. The molecule has 1 saturated heterocycles. The maximum atomic E-state index is 12.7. The molecule has 0 aromatic heterocycles. The fourth-order valence-electron chi connectivity index (χ4n) is 4.03. The predicted octanol–water partition coefficient (Wildman–Crippen LogP) is 3.28. The number of hydrogen-bond acceptors (Lipinski definition) is 4. The van der Waals surface area contributed by atoms with E-state index in [1.807, 2.05) is 0 Å². The van der Waals surface area contributed by atoms with E-state index < -0.39 is 23.7 Å². The molecule has 32 heavy (non-hydrogen) atoms. The second-order valence-electron chi connectivity index (χ2n) is 7.89. The van der Waals surface area contributed by atoms with Crippen LogP contribution in [-0.2, 0) is 28.7 Å². The van der Waals surface area contributed by atoms with Gasteiger partial charge in [-0.1, -0.05) is 24.3 Å². The molecule has 0 bridgehead atoms. The second-order valence-corrected chi connectivity index (χ2v) is 7.89. The van der Waals surface area contributed by atoms with Gasteiger partial charge in [-0.25, -0.2) is 0 Å². The summed E-state index contributed by atoms with van der Waals surface area (Å²) in [7, 11) is 0. The number of aryl methyl sites for hydroxylation is 1. The van der Waals surface area contributed by atoms with Crippen LogP contribution in [0.4, 0.5) is 13.2 Å². The normalized spacial score (nSPS) is 18.5. The lowest BCUT2D eigenvalue weighted by atomic mass is 9.99. The Labute approximate surface area is 181 Å². The van der Waals surface area contributed by atoms with Crippen molar-refractivity contribution in [2.45, 2.75) is 44.4 Å². The molecule has 1 atom stereocenters. The Kier molecular flexibility index (Phi) is 5.58. The van der Waals surface area contributed by atoms with E-state index in [9.17, 15) is 32.3 Å². The van der Waals surface area contributed by atoms with Crippen molar-refractivity contribution < 1.29 is 32.3 Å². The number of carbonyl (C=O) groups excluding carboxylic acids is 4. The molecule has 4 rings (SSSR count). The Hall–Kier alpha value is -3.49. The fourth-order valence-corrected chi connectivity index (χ4v) is 4.03. The molecular weight excluding hydrogens is 425 g/mol. The van der Waals surface area contributed by atoms with Crippen LogP contribution in [0, 0.1) is 0 Å². The zero-order valence-electron chi connectivity index (χ0n) is 16.9. The third-order valence-electron chi connectivity index (χ3n) is 5.76. The molecule has 0 saturated carbocycles. The van der Waals surface area contributed by atoms with Crippen molar-refractivity contribution in [3.63, 3.8) is 0 Å². The van der Waals surface area contributed by atoms with Gasteiger partial charge in [0.2, 0.25) is 11.8 Å². The molecule has 3 amide bonds. The molecule has 2 aromatic rings. The summed E-state index contributed by atoms with van der Waals surface area (Å²) in [5, 5.41) is 2.25. The lowest BCUT2D eigenvalue weighted by molar-refractivity contribution is -0.138. The van der Waals surface area contributed by atoms with Gasteiger partial charge in [-0.05, 0) is 42.2 Å². The molecule has 1 fully saturated rings. The minimum absolute atomic E-state index is 0.106. The van der Waals surface area contributed by atoms with Gasteiger partial charge in [-0.3, -0.25) is 24.5 Å². The fraction of sp³-hybridized carbons (Fsp3) is 0.304. The highest BCUT2D eigenvalue weighted by atomic mass is 19.4. The number of rotatable bonds is 5. The highest BCUT2D eigenvalue weighted by molar-refractivity contribution is 6.05. The molecular formula is C23H19F3N2O4. The number of nitrogens with zero attached hydrogens (tertiary/aromatic N) is 1. The summed E-state index contributed by atoms with van der Waals surface area (Å²) in [6.07, 6.45) is -3.54. The predicted molar refractivity (Wildman–Crippen MR) is 107 cm³/mol. The molecule has 2 aliphatic heterocycles. The Morgan fingerprint density at radius 2 is 1.78 bits per heavy atom. The average Bonchev–Trinajstić information content (AvgIpc) is 3.07. The Morgan fingerprint density at radius 3 is 2.44 bits per heavy atom. The smallest absolute Gasteiger partial charge is 0.322 e. The number of alkyl halides is 3. The summed E-state index contributed by atoms with van der Waals surface area (Å²) in [6.45, 7) is 0.237. The van der Waals surface area contributed by atoms with Gasteiger partial charge in [0.1, 0.15) is 6.04 Å². The summed E-state index contributed by atoms with van der Waals surface area (Å²) in [4.78, 5) is 50.0. The molecule has 0 spiro atoms.